The molecule has 0 spiro atoms. The van der Waals surface area contributed by atoms with Crippen molar-refractivity contribution in [2.24, 2.45) is 0 Å². The summed E-state index contributed by atoms with van der Waals surface area (Å²) in [5.41, 5.74) is 0.471. The van der Waals surface area contributed by atoms with Gasteiger partial charge in [0, 0.05) is 23.8 Å². The number of nitrogens with one attached hydrogen (secondary N) is 2. The minimum absolute atomic E-state index is 0.0261. The number of hydrogen-bond acceptors (Lipinski definition) is 6. The van der Waals surface area contributed by atoms with Crippen LogP contribution in [0.1, 0.15) is 17.3 Å². The second-order valence-corrected chi connectivity index (χ2v) is 5.72. The first-order valence-electron chi connectivity index (χ1n) is 7.55. The van der Waals surface area contributed by atoms with Crippen molar-refractivity contribution >= 4 is 40.5 Å². The molecule has 0 radical (unpaired) electrons. The number of amides is 1. The van der Waals surface area contributed by atoms with Crippen LogP contribution in [0.5, 0.6) is 0 Å². The van der Waals surface area contributed by atoms with Crippen molar-refractivity contribution in [2.45, 2.75) is 13.0 Å². The van der Waals surface area contributed by atoms with Crippen molar-refractivity contribution in [3.63, 3.8) is 0 Å². The summed E-state index contributed by atoms with van der Waals surface area (Å²) in [6.07, 6.45) is -1.10. The molecule has 0 aliphatic carbocycles. The van der Waals surface area contributed by atoms with Gasteiger partial charge in [-0.1, -0.05) is 11.6 Å². The Morgan fingerprint density at radius 3 is 2.42 bits per heavy atom. The number of rotatable bonds is 6. The molecule has 9 heteroatoms. The van der Waals surface area contributed by atoms with Crippen LogP contribution in [-0.2, 0) is 9.53 Å². The van der Waals surface area contributed by atoms with Crippen molar-refractivity contribution < 1.29 is 19.2 Å². The van der Waals surface area contributed by atoms with Crippen molar-refractivity contribution in [1.82, 2.24) is 0 Å². The van der Waals surface area contributed by atoms with Crippen LogP contribution >= 0.6 is 11.6 Å². The molecular weight excluding hydrogens is 362 g/mol. The molecular formula is C17H16ClN3O5. The molecule has 0 saturated carbocycles. The van der Waals surface area contributed by atoms with Crippen LogP contribution in [0.15, 0.2) is 42.5 Å². The van der Waals surface area contributed by atoms with Crippen molar-refractivity contribution in [2.75, 3.05) is 17.7 Å². The van der Waals surface area contributed by atoms with Crippen LogP contribution in [0.25, 0.3) is 0 Å². The van der Waals surface area contributed by atoms with Crippen LogP contribution in [0.4, 0.5) is 17.1 Å². The van der Waals surface area contributed by atoms with Crippen LogP contribution in [0.2, 0.25) is 5.02 Å². The highest BCUT2D eigenvalue weighted by molar-refractivity contribution is 6.30. The second-order valence-electron chi connectivity index (χ2n) is 5.28. The van der Waals surface area contributed by atoms with Gasteiger partial charge in [0.2, 0.25) is 0 Å². The summed E-state index contributed by atoms with van der Waals surface area (Å²) in [5, 5.41) is 16.8. The average Bonchev–Trinajstić information content (AvgIpc) is 2.62. The predicted octanol–water partition coefficient (Wildman–Crippen LogP) is 3.47. The number of nitro groups is 1. The van der Waals surface area contributed by atoms with E-state index in [9.17, 15) is 19.7 Å². The number of ether oxygens (including phenoxy) is 1. The van der Waals surface area contributed by atoms with Gasteiger partial charge >= 0.3 is 5.97 Å². The lowest BCUT2D eigenvalue weighted by Gasteiger charge is -2.14. The topological polar surface area (TPSA) is 111 Å². The number of anilines is 2. The van der Waals surface area contributed by atoms with Gasteiger partial charge in [-0.2, -0.15) is 0 Å². The number of benzene rings is 2. The quantitative estimate of drug-likeness (QED) is 0.453. The second kappa shape index (κ2) is 8.30. The summed E-state index contributed by atoms with van der Waals surface area (Å²) in [6, 6.07) is 10.3. The van der Waals surface area contributed by atoms with Crippen LogP contribution in [0, 0.1) is 10.1 Å². The number of esters is 1. The Morgan fingerprint density at radius 1 is 1.19 bits per heavy atom. The molecule has 0 aromatic heterocycles. The Balaban J connectivity index is 2.06. The number of carbonyl (C=O) groups is 2. The van der Waals surface area contributed by atoms with Gasteiger partial charge in [-0.25, -0.2) is 4.79 Å². The van der Waals surface area contributed by atoms with E-state index in [1.165, 1.54) is 26.1 Å². The van der Waals surface area contributed by atoms with Gasteiger partial charge in [0.25, 0.3) is 11.6 Å². The molecule has 0 aliphatic heterocycles. The highest BCUT2D eigenvalue weighted by atomic mass is 35.5. The molecule has 136 valence electrons. The van der Waals surface area contributed by atoms with Gasteiger partial charge in [-0.3, -0.25) is 14.9 Å². The maximum Gasteiger partial charge on any atom is 0.339 e. The van der Waals surface area contributed by atoms with Crippen molar-refractivity contribution in [3.8, 4) is 0 Å². The van der Waals surface area contributed by atoms with Gasteiger partial charge in [0.1, 0.15) is 5.69 Å². The monoisotopic (exact) mass is 377 g/mol. The van der Waals surface area contributed by atoms with Gasteiger partial charge in [-0.05, 0) is 43.3 Å². The summed E-state index contributed by atoms with van der Waals surface area (Å²) in [4.78, 5) is 34.7. The van der Waals surface area contributed by atoms with Gasteiger partial charge in [0.05, 0.1) is 10.5 Å². The van der Waals surface area contributed by atoms with E-state index >= 15 is 0 Å². The van der Waals surface area contributed by atoms with Crippen molar-refractivity contribution in [1.29, 1.82) is 0 Å². The lowest BCUT2D eigenvalue weighted by atomic mass is 10.1. The Labute approximate surface area is 154 Å². The maximum absolute atomic E-state index is 12.2. The molecule has 8 nitrogen and oxygen atoms in total. The Bertz CT molecular complexity index is 839. The lowest BCUT2D eigenvalue weighted by molar-refractivity contribution is -0.384. The molecule has 0 heterocycles. The lowest BCUT2D eigenvalue weighted by Crippen LogP contribution is -2.30. The molecule has 2 aromatic carbocycles. The first-order chi connectivity index (χ1) is 12.3. The van der Waals surface area contributed by atoms with Crippen LogP contribution < -0.4 is 10.6 Å². The maximum atomic E-state index is 12.2. The molecule has 1 atom stereocenters. The summed E-state index contributed by atoms with van der Waals surface area (Å²) in [6.45, 7) is 1.40. The zero-order valence-corrected chi connectivity index (χ0v) is 14.7. The highest BCUT2D eigenvalue weighted by Gasteiger charge is 2.22. The Morgan fingerprint density at radius 2 is 1.85 bits per heavy atom. The zero-order valence-electron chi connectivity index (χ0n) is 14.0. The predicted molar refractivity (Wildman–Crippen MR) is 97.6 cm³/mol. The fourth-order valence-electron chi connectivity index (χ4n) is 2.08. The normalized spacial score (nSPS) is 11.3. The zero-order chi connectivity index (χ0) is 19.3. The van der Waals surface area contributed by atoms with E-state index in [0.29, 0.717) is 10.7 Å². The molecule has 0 fully saturated rings. The molecule has 0 aliphatic rings. The Kier molecular flexibility index (Phi) is 6.13. The standard InChI is InChI=1S/C17H16ClN3O5/c1-10(16(22)20-13-6-4-12(18)5-7-13)26-17(23)11-3-8-14(19-2)15(9-11)21(24)25/h3-10,19H,1-2H3,(H,20,22). The van der Waals surface area contributed by atoms with Crippen LogP contribution in [-0.4, -0.2) is 30.0 Å². The Hall–Kier alpha value is -3.13. The van der Waals surface area contributed by atoms with E-state index in [0.717, 1.165) is 6.07 Å². The first-order valence-corrected chi connectivity index (χ1v) is 7.93. The first kappa shape index (κ1) is 19.2. The molecule has 1 unspecified atom stereocenters. The van der Waals surface area contributed by atoms with Gasteiger partial charge < -0.3 is 15.4 Å². The number of halogens is 1. The highest BCUT2D eigenvalue weighted by Crippen LogP contribution is 2.25. The van der Waals surface area contributed by atoms with E-state index in [2.05, 4.69) is 10.6 Å². The van der Waals surface area contributed by atoms with E-state index in [1.54, 1.807) is 24.3 Å². The number of hydrogen-bond donors (Lipinski definition) is 2. The van der Waals surface area contributed by atoms with Gasteiger partial charge in [0.15, 0.2) is 6.10 Å². The summed E-state index contributed by atoms with van der Waals surface area (Å²) >= 11 is 5.77. The van der Waals surface area contributed by atoms with Crippen molar-refractivity contribution in [3.05, 3.63) is 63.2 Å². The smallest absolute Gasteiger partial charge is 0.339 e. The minimum Gasteiger partial charge on any atom is -0.449 e. The van der Waals surface area contributed by atoms with E-state index in [-0.39, 0.29) is 16.9 Å². The molecule has 0 bridgehead atoms. The number of nitrogens with zero attached hydrogens (tertiary/aromatic N) is 1. The molecule has 26 heavy (non-hydrogen) atoms. The third-order valence-corrected chi connectivity index (χ3v) is 3.72. The SMILES string of the molecule is CNc1ccc(C(=O)OC(C)C(=O)Nc2ccc(Cl)cc2)cc1[N+](=O)[O-]. The molecule has 2 N–H and O–H groups in total. The van der Waals surface area contributed by atoms with E-state index in [4.69, 9.17) is 16.3 Å². The number of carbonyl (C=O) groups excluding carboxylic acids is 2. The summed E-state index contributed by atoms with van der Waals surface area (Å²) in [7, 11) is 1.53. The number of nitro benzene ring substituents is 1. The van der Waals surface area contributed by atoms with Gasteiger partial charge in [-0.15, -0.1) is 0 Å². The third kappa shape index (κ3) is 4.70. The largest absolute Gasteiger partial charge is 0.449 e. The average molecular weight is 378 g/mol. The summed E-state index contributed by atoms with van der Waals surface area (Å²) in [5.74, 6) is -1.38. The molecule has 2 rings (SSSR count). The molecule has 0 saturated heterocycles. The molecule has 2 aromatic rings. The fraction of sp³-hybridized carbons (Fsp3) is 0.176. The van der Waals surface area contributed by atoms with E-state index in [1.807, 2.05) is 0 Å². The molecule has 1 amide bonds. The van der Waals surface area contributed by atoms with E-state index < -0.39 is 22.9 Å². The third-order valence-electron chi connectivity index (χ3n) is 3.46. The fourth-order valence-corrected chi connectivity index (χ4v) is 2.21. The minimum atomic E-state index is -1.10. The summed E-state index contributed by atoms with van der Waals surface area (Å²) < 4.78 is 5.08. The van der Waals surface area contributed by atoms with Crippen LogP contribution in [0.3, 0.4) is 0 Å².